The van der Waals surface area contributed by atoms with Crippen molar-refractivity contribution in [1.29, 1.82) is 0 Å². The molecule has 5 nitrogen and oxygen atoms in total. The molecule has 0 unspecified atom stereocenters. The Bertz CT molecular complexity index is 12.2. The largest absolute Gasteiger partial charge is 1.00 e. The van der Waals surface area contributed by atoms with Crippen LogP contribution in [0.4, 0.5) is 0 Å². The van der Waals surface area contributed by atoms with Crippen LogP contribution < -0.4 is 43.2 Å². The quantitative estimate of drug-likeness (QED) is 0.347. The summed E-state index contributed by atoms with van der Waals surface area (Å²) >= 11 is 0. The van der Waals surface area contributed by atoms with E-state index in [0.717, 1.165) is 0 Å². The molecule has 0 aromatic heterocycles. The normalized spacial score (nSPS) is 0. The first-order chi connectivity index (χ1) is 0. The molecule has 71 valence electrons. The van der Waals surface area contributed by atoms with Gasteiger partial charge < -0.3 is 43.2 Å². The van der Waals surface area contributed by atoms with Gasteiger partial charge in [0.05, 0.1) is 0 Å². The summed E-state index contributed by atoms with van der Waals surface area (Å²) < 4.78 is 0. The second-order valence-corrected chi connectivity index (χ2v) is 0. The zero-order valence-electron chi connectivity index (χ0n) is 5.08. The van der Waals surface area contributed by atoms with Crippen molar-refractivity contribution in [3.05, 3.63) is 0 Å². The Hall–Kier alpha value is 1.29. The minimum Gasteiger partial charge on any atom is -1.00 e. The third-order valence-corrected chi connectivity index (χ3v) is 0. The summed E-state index contributed by atoms with van der Waals surface area (Å²) in [7, 11) is 0. The maximum atomic E-state index is 0. The minimum atomic E-state index is 0. The van der Waals surface area contributed by atoms with Gasteiger partial charge in [0, 0.05) is 0 Å². The third kappa shape index (κ3) is 296. The summed E-state index contributed by atoms with van der Waals surface area (Å²) in [6, 6.07) is 0. The summed E-state index contributed by atoms with van der Waals surface area (Å²) in [6.07, 6.45) is 0. The Morgan fingerprint density at radius 1 is 0.444 bits per heavy atom. The molecule has 0 rings (SSSR count). The maximum absolute atomic E-state index is 0. The fourth-order valence-corrected chi connectivity index (χ4v) is 0. The predicted octanol–water partition coefficient (Wildman–Crippen LogP) is -1.34. The molecule has 0 heterocycles. The van der Waals surface area contributed by atoms with Gasteiger partial charge in [-0.25, -0.2) is 0 Å². The first kappa shape index (κ1) is 531. The third-order valence-electron chi connectivity index (χ3n) is 0. The molecule has 0 spiro atoms. The van der Waals surface area contributed by atoms with Gasteiger partial charge in [0.2, 0.25) is 0 Å². The Labute approximate surface area is 87.4 Å². The van der Waals surface area contributed by atoms with Crippen LogP contribution in [0.25, 0.3) is 0 Å². The molecule has 0 fully saturated rings. The van der Waals surface area contributed by atoms with Crippen LogP contribution in [0.15, 0.2) is 0 Å². The van der Waals surface area contributed by atoms with Crippen LogP contribution in [0.3, 0.4) is 0 Å². The van der Waals surface area contributed by atoms with Crippen LogP contribution in [-0.2, 0) is 19.5 Å². The molecule has 0 aliphatic heterocycles. The van der Waals surface area contributed by atoms with Gasteiger partial charge in [-0.1, -0.05) is 0 Å². The summed E-state index contributed by atoms with van der Waals surface area (Å²) in [5.74, 6) is 0. The zero-order valence-corrected chi connectivity index (χ0v) is 9.21. The van der Waals surface area contributed by atoms with E-state index in [1.807, 2.05) is 0 Å². The molecular formula is H17Cl3N5Ru. The number of hydrogen-bond donors (Lipinski definition) is 5. The molecule has 0 saturated heterocycles. The van der Waals surface area contributed by atoms with E-state index in [4.69, 9.17) is 0 Å². The van der Waals surface area contributed by atoms with Crippen molar-refractivity contribution in [3.63, 3.8) is 0 Å². The van der Waals surface area contributed by atoms with Gasteiger partial charge >= 0.3 is 19.5 Å². The second-order valence-electron chi connectivity index (χ2n) is 0. The molecule has 0 saturated carbocycles. The average molecular weight is 295 g/mol. The van der Waals surface area contributed by atoms with E-state index in [-0.39, 0.29) is 87.5 Å². The Morgan fingerprint density at radius 3 is 0.444 bits per heavy atom. The van der Waals surface area contributed by atoms with Crippen molar-refractivity contribution in [1.82, 2.24) is 30.8 Å². The Balaban J connectivity index is 0. The van der Waals surface area contributed by atoms with E-state index >= 15 is 0 Å². The van der Waals surface area contributed by atoms with Crippen LogP contribution in [0.1, 0.15) is 0 Å². The van der Waals surface area contributed by atoms with E-state index in [0.29, 0.717) is 0 Å². The summed E-state index contributed by atoms with van der Waals surface area (Å²) in [4.78, 5) is 0. The predicted molar refractivity (Wildman–Crippen MR) is 39.6 cm³/mol. The maximum Gasteiger partial charge on any atom is 1.00 e. The molecule has 0 aromatic rings. The van der Waals surface area contributed by atoms with Gasteiger partial charge in [0.25, 0.3) is 0 Å². The van der Waals surface area contributed by atoms with Gasteiger partial charge in [0.1, 0.15) is 0 Å². The van der Waals surface area contributed by atoms with Gasteiger partial charge in [-0.2, -0.15) is 0 Å². The van der Waals surface area contributed by atoms with Crippen LogP contribution >= 0.6 is 24.8 Å². The van der Waals surface area contributed by atoms with Crippen molar-refractivity contribution in [2.75, 3.05) is 0 Å². The second kappa shape index (κ2) is 382. The van der Waals surface area contributed by atoms with Crippen LogP contribution in [0.5, 0.6) is 0 Å². The molecule has 0 amide bonds. The number of hydrogen-bond acceptors (Lipinski definition) is 5. The Kier molecular flexibility index (Phi) is 22600. The van der Waals surface area contributed by atoms with Gasteiger partial charge in [0.15, 0.2) is 0 Å². The minimum absolute atomic E-state index is 0. The topological polar surface area (TPSA) is 175 Å². The van der Waals surface area contributed by atoms with Crippen LogP contribution in [0, 0.1) is 0 Å². The van der Waals surface area contributed by atoms with E-state index in [1.165, 1.54) is 0 Å². The van der Waals surface area contributed by atoms with E-state index < -0.39 is 0 Å². The van der Waals surface area contributed by atoms with Crippen LogP contribution in [0.2, 0.25) is 0 Å². The molecule has 0 bridgehead atoms. The molecule has 0 aliphatic carbocycles. The van der Waals surface area contributed by atoms with Crippen molar-refractivity contribution in [3.8, 4) is 0 Å². The van der Waals surface area contributed by atoms with Crippen molar-refractivity contribution < 1.29 is 31.9 Å². The van der Waals surface area contributed by atoms with E-state index in [1.54, 1.807) is 0 Å². The fourth-order valence-electron chi connectivity index (χ4n) is 0. The fraction of sp³-hybridized carbons (Fsp3) is 0. The SMILES string of the molecule is Cl.Cl.N.N.N.N.N.[Cl-].[Ru+]. The van der Waals surface area contributed by atoms with Gasteiger partial charge in [-0.15, -0.1) is 24.8 Å². The molecule has 0 aliphatic rings. The smallest absolute Gasteiger partial charge is 1.00 e. The standard InChI is InChI=1S/3ClH.5H3N.Ru/h3*1H;5*1H3;/q;;;;;;;;+1/p-1. The summed E-state index contributed by atoms with van der Waals surface area (Å²) in [5, 5.41) is 0. The van der Waals surface area contributed by atoms with Crippen molar-refractivity contribution >= 4 is 24.8 Å². The van der Waals surface area contributed by atoms with Crippen molar-refractivity contribution in [2.45, 2.75) is 0 Å². The monoisotopic (exact) mass is 294 g/mol. The number of rotatable bonds is 0. The molecule has 15 N–H and O–H groups in total. The van der Waals surface area contributed by atoms with Crippen molar-refractivity contribution in [2.24, 2.45) is 0 Å². The van der Waals surface area contributed by atoms with E-state index in [2.05, 4.69) is 0 Å². The first-order valence-corrected chi connectivity index (χ1v) is 0. The molecule has 9 heavy (non-hydrogen) atoms. The molecule has 9 heteroatoms. The number of halogens is 3. The average Bonchev–Trinajstić information content (AvgIpc) is 0. The van der Waals surface area contributed by atoms with Gasteiger partial charge in [-0.3, -0.25) is 0 Å². The first-order valence-electron chi connectivity index (χ1n) is 0. The van der Waals surface area contributed by atoms with Crippen LogP contribution in [-0.4, -0.2) is 0 Å². The summed E-state index contributed by atoms with van der Waals surface area (Å²) in [5.41, 5.74) is 0. The molecule has 0 aromatic carbocycles. The summed E-state index contributed by atoms with van der Waals surface area (Å²) in [6.45, 7) is 0. The zero-order chi connectivity index (χ0) is 0. The Morgan fingerprint density at radius 2 is 0.444 bits per heavy atom. The molecule has 1 radical (unpaired) electrons. The molecular weight excluding hydrogens is 277 g/mol. The van der Waals surface area contributed by atoms with E-state index in [9.17, 15) is 0 Å². The molecule has 0 atom stereocenters. The van der Waals surface area contributed by atoms with Gasteiger partial charge in [-0.05, 0) is 0 Å².